The first kappa shape index (κ1) is 10.9. The van der Waals surface area contributed by atoms with Crippen molar-refractivity contribution < 1.29 is 14.7 Å². The summed E-state index contributed by atoms with van der Waals surface area (Å²) in [6.07, 6.45) is 6.24. The number of rotatable bonds is 3. The van der Waals surface area contributed by atoms with Gasteiger partial charge in [0.25, 0.3) is 0 Å². The van der Waals surface area contributed by atoms with Gasteiger partial charge in [0, 0.05) is 6.20 Å². The van der Waals surface area contributed by atoms with Crippen LogP contribution in [0.25, 0.3) is 0 Å². The average molecular weight is 222 g/mol. The Kier molecular flexibility index (Phi) is 2.77. The summed E-state index contributed by atoms with van der Waals surface area (Å²) >= 11 is 0. The Labute approximate surface area is 93.1 Å². The Hall–Kier alpha value is -1.65. The summed E-state index contributed by atoms with van der Waals surface area (Å²) in [5.74, 6) is -0.854. The molecule has 86 valence electrons. The fourth-order valence-corrected chi connectivity index (χ4v) is 2.32. The van der Waals surface area contributed by atoms with Crippen LogP contribution < -0.4 is 0 Å². The number of aldehydes is 1. The van der Waals surface area contributed by atoms with E-state index >= 15 is 0 Å². The highest BCUT2D eigenvalue weighted by atomic mass is 16.4. The molecule has 1 N–H and O–H groups in total. The maximum absolute atomic E-state index is 11.4. The van der Waals surface area contributed by atoms with Gasteiger partial charge in [-0.2, -0.15) is 5.10 Å². The predicted molar refractivity (Wildman–Crippen MR) is 56.3 cm³/mol. The number of hydrogen-bond acceptors (Lipinski definition) is 3. The minimum Gasteiger partial charge on any atom is -0.479 e. The third kappa shape index (κ3) is 1.62. The lowest BCUT2D eigenvalue weighted by Gasteiger charge is -2.33. The van der Waals surface area contributed by atoms with E-state index in [2.05, 4.69) is 5.10 Å². The first-order valence-electron chi connectivity index (χ1n) is 5.44. The van der Waals surface area contributed by atoms with Crippen LogP contribution in [0.4, 0.5) is 0 Å². The van der Waals surface area contributed by atoms with E-state index in [0.717, 1.165) is 19.3 Å². The maximum Gasteiger partial charge on any atom is 0.331 e. The zero-order valence-corrected chi connectivity index (χ0v) is 8.93. The fraction of sp³-hybridized carbons (Fsp3) is 0.545. The van der Waals surface area contributed by atoms with Crippen molar-refractivity contribution in [3.63, 3.8) is 0 Å². The summed E-state index contributed by atoms with van der Waals surface area (Å²) in [6, 6.07) is 1.55. The van der Waals surface area contributed by atoms with Crippen molar-refractivity contribution in [1.29, 1.82) is 0 Å². The number of carboxylic acids is 1. The molecule has 1 aliphatic rings. The van der Waals surface area contributed by atoms with Crippen LogP contribution in [0, 0.1) is 0 Å². The summed E-state index contributed by atoms with van der Waals surface area (Å²) < 4.78 is 1.44. The highest BCUT2D eigenvalue weighted by molar-refractivity contribution is 5.77. The van der Waals surface area contributed by atoms with E-state index in [1.54, 1.807) is 12.3 Å². The Morgan fingerprint density at radius 3 is 2.62 bits per heavy atom. The second kappa shape index (κ2) is 4.08. The summed E-state index contributed by atoms with van der Waals surface area (Å²) in [6.45, 7) is 0. The minimum absolute atomic E-state index is 0.284. The van der Waals surface area contributed by atoms with E-state index in [0.29, 0.717) is 19.1 Å². The number of carboxylic acid groups (broad SMARTS) is 1. The van der Waals surface area contributed by atoms with Crippen LogP contribution in [0.1, 0.15) is 42.6 Å². The van der Waals surface area contributed by atoms with Crippen LogP contribution in [0.2, 0.25) is 0 Å². The average Bonchev–Trinajstić information content (AvgIpc) is 2.78. The van der Waals surface area contributed by atoms with Gasteiger partial charge in [-0.15, -0.1) is 0 Å². The van der Waals surface area contributed by atoms with E-state index in [1.807, 2.05) is 0 Å². The van der Waals surface area contributed by atoms with Crippen LogP contribution in [0.15, 0.2) is 12.3 Å². The van der Waals surface area contributed by atoms with Gasteiger partial charge in [-0.3, -0.25) is 9.48 Å². The first-order chi connectivity index (χ1) is 7.69. The molecule has 0 saturated heterocycles. The third-order valence-corrected chi connectivity index (χ3v) is 3.25. The molecule has 1 saturated carbocycles. The highest BCUT2D eigenvalue weighted by Gasteiger charge is 2.42. The minimum atomic E-state index is -0.945. The second-order valence-corrected chi connectivity index (χ2v) is 4.20. The van der Waals surface area contributed by atoms with Gasteiger partial charge in [0.05, 0.1) is 0 Å². The molecule has 0 spiro atoms. The summed E-state index contributed by atoms with van der Waals surface area (Å²) in [7, 11) is 0. The molecule has 0 aromatic carbocycles. The van der Waals surface area contributed by atoms with Crippen LogP contribution in [-0.4, -0.2) is 27.1 Å². The normalized spacial score (nSPS) is 19.2. The molecule has 1 aromatic heterocycles. The molecule has 5 heteroatoms. The molecule has 0 aliphatic heterocycles. The lowest BCUT2D eigenvalue weighted by Crippen LogP contribution is -2.44. The van der Waals surface area contributed by atoms with Crippen molar-refractivity contribution in [2.75, 3.05) is 0 Å². The molecular formula is C11H14N2O3. The quantitative estimate of drug-likeness (QED) is 0.785. The van der Waals surface area contributed by atoms with Gasteiger partial charge >= 0.3 is 5.97 Å². The van der Waals surface area contributed by atoms with Crippen molar-refractivity contribution in [3.05, 3.63) is 18.0 Å². The van der Waals surface area contributed by atoms with Gasteiger partial charge in [-0.25, -0.2) is 4.79 Å². The predicted octanol–water partition coefficient (Wildman–Crippen LogP) is 1.44. The van der Waals surface area contributed by atoms with E-state index < -0.39 is 11.5 Å². The van der Waals surface area contributed by atoms with Gasteiger partial charge in [0.2, 0.25) is 0 Å². The van der Waals surface area contributed by atoms with Gasteiger partial charge in [0.15, 0.2) is 11.8 Å². The molecule has 16 heavy (non-hydrogen) atoms. The smallest absolute Gasteiger partial charge is 0.331 e. The number of carbonyl (C=O) groups excluding carboxylic acids is 1. The number of hydrogen-bond donors (Lipinski definition) is 1. The molecule has 1 aromatic rings. The Morgan fingerprint density at radius 1 is 1.44 bits per heavy atom. The molecule has 0 bridgehead atoms. The zero-order chi connectivity index (χ0) is 11.6. The summed E-state index contributed by atoms with van der Waals surface area (Å²) in [5, 5.41) is 13.4. The summed E-state index contributed by atoms with van der Waals surface area (Å²) in [4.78, 5) is 22.0. The Balaban J connectivity index is 2.38. The third-order valence-electron chi connectivity index (χ3n) is 3.25. The topological polar surface area (TPSA) is 72.2 Å². The highest BCUT2D eigenvalue weighted by Crippen LogP contribution is 2.34. The fourth-order valence-electron chi connectivity index (χ4n) is 2.32. The largest absolute Gasteiger partial charge is 0.479 e. The van der Waals surface area contributed by atoms with Gasteiger partial charge in [-0.05, 0) is 18.9 Å². The molecular weight excluding hydrogens is 208 g/mol. The molecule has 1 aliphatic carbocycles. The monoisotopic (exact) mass is 222 g/mol. The van der Waals surface area contributed by atoms with Crippen molar-refractivity contribution >= 4 is 12.3 Å². The van der Waals surface area contributed by atoms with E-state index in [4.69, 9.17) is 0 Å². The zero-order valence-electron chi connectivity index (χ0n) is 8.93. The van der Waals surface area contributed by atoms with Crippen molar-refractivity contribution in [1.82, 2.24) is 9.78 Å². The molecule has 1 heterocycles. The molecule has 0 atom stereocenters. The molecule has 2 rings (SSSR count). The number of carbonyl (C=O) groups is 2. The number of aliphatic carboxylic acids is 1. The second-order valence-electron chi connectivity index (χ2n) is 4.20. The standard InChI is InChI=1S/C11H14N2O3/c14-8-9-4-7-13(12-9)11(10(15)16)5-2-1-3-6-11/h4,7-8H,1-3,5-6H2,(H,15,16). The first-order valence-corrected chi connectivity index (χ1v) is 5.44. The molecule has 1 fully saturated rings. The maximum atomic E-state index is 11.4. The van der Waals surface area contributed by atoms with Gasteiger partial charge in [-0.1, -0.05) is 19.3 Å². The molecule has 0 radical (unpaired) electrons. The lowest BCUT2D eigenvalue weighted by atomic mass is 9.82. The number of aromatic nitrogens is 2. The van der Waals surface area contributed by atoms with Crippen molar-refractivity contribution in [2.24, 2.45) is 0 Å². The van der Waals surface area contributed by atoms with Crippen LogP contribution in [0.3, 0.4) is 0 Å². The van der Waals surface area contributed by atoms with Gasteiger partial charge < -0.3 is 5.11 Å². The van der Waals surface area contributed by atoms with Crippen molar-refractivity contribution in [2.45, 2.75) is 37.6 Å². The summed E-state index contributed by atoms with van der Waals surface area (Å²) in [5.41, 5.74) is -0.661. The molecule has 0 amide bonds. The molecule has 5 nitrogen and oxygen atoms in total. The SMILES string of the molecule is O=Cc1ccn(C2(C(=O)O)CCCCC2)n1. The lowest BCUT2D eigenvalue weighted by molar-refractivity contribution is -0.150. The van der Waals surface area contributed by atoms with Crippen LogP contribution in [0.5, 0.6) is 0 Å². The van der Waals surface area contributed by atoms with Crippen molar-refractivity contribution in [3.8, 4) is 0 Å². The molecule has 0 unspecified atom stereocenters. The Morgan fingerprint density at radius 2 is 2.12 bits per heavy atom. The van der Waals surface area contributed by atoms with Gasteiger partial charge in [0.1, 0.15) is 5.69 Å². The number of nitrogens with zero attached hydrogens (tertiary/aromatic N) is 2. The van der Waals surface area contributed by atoms with E-state index in [-0.39, 0.29) is 5.69 Å². The van der Waals surface area contributed by atoms with Crippen LogP contribution >= 0.6 is 0 Å². The Bertz CT molecular complexity index is 405. The van der Waals surface area contributed by atoms with E-state index in [9.17, 15) is 14.7 Å². The van der Waals surface area contributed by atoms with Crippen LogP contribution in [-0.2, 0) is 10.3 Å². The van der Waals surface area contributed by atoms with E-state index in [1.165, 1.54) is 4.68 Å².